The molecule has 1 fully saturated rings. The molecular weight excluding hydrogens is 424 g/mol. The molecule has 4 nitrogen and oxygen atoms in total. The van der Waals surface area contributed by atoms with Crippen LogP contribution in [-0.2, 0) is 10.0 Å². The van der Waals surface area contributed by atoms with Crippen molar-refractivity contribution in [3.8, 4) is 0 Å². The second-order valence-corrected chi connectivity index (χ2v) is 8.99. The first-order valence-corrected chi connectivity index (χ1v) is 10.1. The van der Waals surface area contributed by atoms with E-state index < -0.39 is 10.0 Å². The van der Waals surface area contributed by atoms with E-state index >= 15 is 0 Å². The Morgan fingerprint density at radius 2 is 1.76 bits per heavy atom. The van der Waals surface area contributed by atoms with Crippen molar-refractivity contribution >= 4 is 38.4 Å². The maximum absolute atomic E-state index is 13.3. The van der Waals surface area contributed by atoms with Crippen molar-refractivity contribution in [1.29, 1.82) is 0 Å². The molecule has 0 saturated carbocycles. The fraction of sp³-hybridized carbons (Fsp3) is 0.333. The van der Waals surface area contributed by atoms with E-state index in [1.807, 2.05) is 56.4 Å². The Morgan fingerprint density at radius 3 is 2.44 bits per heavy atom. The molecule has 0 aliphatic carbocycles. The van der Waals surface area contributed by atoms with Crippen molar-refractivity contribution in [2.45, 2.75) is 17.9 Å². The zero-order chi connectivity index (χ0) is 17.3. The summed E-state index contributed by atoms with van der Waals surface area (Å²) in [4.78, 5) is 2.56. The van der Waals surface area contributed by atoms with Crippen molar-refractivity contribution < 1.29 is 8.42 Å². The van der Waals surface area contributed by atoms with Crippen LogP contribution >= 0.6 is 28.3 Å². The molecular formula is C18H22BrClN2O2S. The minimum atomic E-state index is -3.56. The van der Waals surface area contributed by atoms with Crippen LogP contribution < -0.4 is 0 Å². The van der Waals surface area contributed by atoms with Crippen LogP contribution in [0.2, 0.25) is 0 Å². The van der Waals surface area contributed by atoms with E-state index in [1.165, 1.54) is 0 Å². The van der Waals surface area contributed by atoms with Gasteiger partial charge in [-0.3, -0.25) is 0 Å². The van der Waals surface area contributed by atoms with Gasteiger partial charge in [-0.15, -0.1) is 12.4 Å². The van der Waals surface area contributed by atoms with Crippen LogP contribution in [0.5, 0.6) is 0 Å². The number of likely N-dealkylation sites (N-methyl/N-ethyl adjacent to an activating group) is 1. The SMILES string of the molecule is Cc1ccc(Br)cc1S(=O)(=O)N1CCN(C)CC1c1ccccc1.Cl. The smallest absolute Gasteiger partial charge is 0.244 e. The van der Waals surface area contributed by atoms with Gasteiger partial charge in [0.15, 0.2) is 0 Å². The highest BCUT2D eigenvalue weighted by Crippen LogP contribution is 2.32. The number of nitrogens with zero attached hydrogens (tertiary/aromatic N) is 2. The number of rotatable bonds is 3. The highest BCUT2D eigenvalue weighted by molar-refractivity contribution is 9.10. The van der Waals surface area contributed by atoms with Gasteiger partial charge in [-0.1, -0.05) is 52.3 Å². The minimum Gasteiger partial charge on any atom is -0.303 e. The Balaban J connectivity index is 0.00000225. The molecule has 7 heteroatoms. The molecule has 25 heavy (non-hydrogen) atoms. The second kappa shape index (κ2) is 8.18. The van der Waals surface area contributed by atoms with E-state index in [-0.39, 0.29) is 18.4 Å². The maximum Gasteiger partial charge on any atom is 0.244 e. The van der Waals surface area contributed by atoms with Gasteiger partial charge in [0.1, 0.15) is 0 Å². The topological polar surface area (TPSA) is 40.6 Å². The maximum atomic E-state index is 13.3. The summed E-state index contributed by atoms with van der Waals surface area (Å²) in [5.41, 5.74) is 1.80. The Morgan fingerprint density at radius 1 is 1.08 bits per heavy atom. The monoisotopic (exact) mass is 444 g/mol. The van der Waals surface area contributed by atoms with E-state index in [0.717, 1.165) is 22.1 Å². The first kappa shape index (κ1) is 20.4. The fourth-order valence-electron chi connectivity index (χ4n) is 3.12. The summed E-state index contributed by atoms with van der Waals surface area (Å²) in [7, 11) is -1.53. The predicted molar refractivity (Wildman–Crippen MR) is 107 cm³/mol. The molecule has 3 rings (SSSR count). The first-order chi connectivity index (χ1) is 11.4. The van der Waals surface area contributed by atoms with Crippen LogP contribution in [0.3, 0.4) is 0 Å². The summed E-state index contributed by atoms with van der Waals surface area (Å²) >= 11 is 3.39. The average molecular weight is 446 g/mol. The lowest BCUT2D eigenvalue weighted by Crippen LogP contribution is -2.49. The molecule has 0 spiro atoms. The summed E-state index contributed by atoms with van der Waals surface area (Å²) in [6.45, 7) is 3.75. The number of sulfonamides is 1. The summed E-state index contributed by atoms with van der Waals surface area (Å²) < 4.78 is 29.1. The number of hydrogen-bond acceptors (Lipinski definition) is 3. The van der Waals surface area contributed by atoms with Gasteiger partial charge in [-0.25, -0.2) is 8.42 Å². The van der Waals surface area contributed by atoms with Crippen molar-refractivity contribution in [2.75, 3.05) is 26.7 Å². The number of hydrogen-bond donors (Lipinski definition) is 0. The number of piperazine rings is 1. The standard InChI is InChI=1S/C18H21BrN2O2S.ClH/c1-14-8-9-16(19)12-18(14)24(22,23)21-11-10-20(2)13-17(21)15-6-4-3-5-7-15;/h3-9,12,17H,10-11,13H2,1-2H3;1H. The Kier molecular flexibility index (Phi) is 6.68. The van der Waals surface area contributed by atoms with Gasteiger partial charge in [-0.2, -0.15) is 4.31 Å². The minimum absolute atomic E-state index is 0. The normalized spacial score (nSPS) is 19.4. The lowest BCUT2D eigenvalue weighted by Gasteiger charge is -2.39. The van der Waals surface area contributed by atoms with E-state index in [4.69, 9.17) is 0 Å². The fourth-order valence-corrected chi connectivity index (χ4v) is 5.48. The van der Waals surface area contributed by atoms with Crippen molar-refractivity contribution in [3.63, 3.8) is 0 Å². The van der Waals surface area contributed by atoms with Crippen molar-refractivity contribution in [2.24, 2.45) is 0 Å². The summed E-state index contributed by atoms with van der Waals surface area (Å²) in [5.74, 6) is 0. The van der Waals surface area contributed by atoms with E-state index in [0.29, 0.717) is 18.0 Å². The van der Waals surface area contributed by atoms with E-state index in [1.54, 1.807) is 10.4 Å². The zero-order valence-electron chi connectivity index (χ0n) is 14.2. The third kappa shape index (κ3) is 4.26. The molecule has 1 aliphatic heterocycles. The molecule has 0 bridgehead atoms. The molecule has 0 aromatic heterocycles. The highest BCUT2D eigenvalue weighted by Gasteiger charge is 2.36. The molecule has 1 saturated heterocycles. The molecule has 0 radical (unpaired) electrons. The van der Waals surface area contributed by atoms with Crippen LogP contribution in [0.4, 0.5) is 0 Å². The largest absolute Gasteiger partial charge is 0.303 e. The van der Waals surface area contributed by atoms with Gasteiger partial charge in [0, 0.05) is 24.1 Å². The molecule has 1 heterocycles. The highest BCUT2D eigenvalue weighted by atomic mass is 79.9. The van der Waals surface area contributed by atoms with Gasteiger partial charge >= 0.3 is 0 Å². The van der Waals surface area contributed by atoms with Crippen LogP contribution in [0.1, 0.15) is 17.2 Å². The second-order valence-electron chi connectivity index (χ2n) is 6.21. The zero-order valence-corrected chi connectivity index (χ0v) is 17.4. The lowest BCUT2D eigenvalue weighted by molar-refractivity contribution is 0.160. The third-order valence-electron chi connectivity index (χ3n) is 4.46. The van der Waals surface area contributed by atoms with Crippen LogP contribution in [0.15, 0.2) is 57.9 Å². The number of benzene rings is 2. The van der Waals surface area contributed by atoms with Gasteiger partial charge in [-0.05, 0) is 37.2 Å². The molecule has 1 aliphatic rings. The third-order valence-corrected chi connectivity index (χ3v) is 7.00. The van der Waals surface area contributed by atoms with Gasteiger partial charge in [0.25, 0.3) is 0 Å². The van der Waals surface area contributed by atoms with Crippen LogP contribution in [0, 0.1) is 6.92 Å². The van der Waals surface area contributed by atoms with Crippen LogP contribution in [0.25, 0.3) is 0 Å². The molecule has 0 amide bonds. The Hall–Kier alpha value is -0.920. The average Bonchev–Trinajstić information content (AvgIpc) is 2.57. The molecule has 2 aromatic rings. The van der Waals surface area contributed by atoms with Crippen molar-refractivity contribution in [3.05, 3.63) is 64.1 Å². The number of halogens is 2. The molecule has 2 aromatic carbocycles. The van der Waals surface area contributed by atoms with Gasteiger partial charge < -0.3 is 4.90 Å². The van der Waals surface area contributed by atoms with E-state index in [9.17, 15) is 8.42 Å². The number of aryl methyl sites for hydroxylation is 1. The molecule has 1 unspecified atom stereocenters. The Bertz CT molecular complexity index is 830. The Labute approximate surface area is 164 Å². The molecule has 1 atom stereocenters. The van der Waals surface area contributed by atoms with Crippen LogP contribution in [-0.4, -0.2) is 44.3 Å². The van der Waals surface area contributed by atoms with Gasteiger partial charge in [0.2, 0.25) is 10.0 Å². The van der Waals surface area contributed by atoms with Crippen molar-refractivity contribution in [1.82, 2.24) is 9.21 Å². The molecule has 136 valence electrons. The van der Waals surface area contributed by atoms with Gasteiger partial charge in [0.05, 0.1) is 10.9 Å². The molecule has 0 N–H and O–H groups in total. The van der Waals surface area contributed by atoms with E-state index in [2.05, 4.69) is 20.8 Å². The quantitative estimate of drug-likeness (QED) is 0.720. The lowest BCUT2D eigenvalue weighted by atomic mass is 10.1. The summed E-state index contributed by atoms with van der Waals surface area (Å²) in [5, 5.41) is 0. The first-order valence-electron chi connectivity index (χ1n) is 7.91. The summed E-state index contributed by atoms with van der Waals surface area (Å²) in [6, 6.07) is 15.1. The predicted octanol–water partition coefficient (Wildman–Crippen LogP) is 3.86. The summed E-state index contributed by atoms with van der Waals surface area (Å²) in [6.07, 6.45) is 0.